The van der Waals surface area contributed by atoms with Gasteiger partial charge < -0.3 is 0 Å². The maximum absolute atomic E-state index is 4.88. The van der Waals surface area contributed by atoms with Gasteiger partial charge in [0.05, 0.1) is 11.4 Å². The van der Waals surface area contributed by atoms with E-state index < -0.39 is 0 Å². The first kappa shape index (κ1) is 23.7. The fraction of sp³-hybridized carbons (Fsp3) is 0. The first-order valence-corrected chi connectivity index (χ1v) is 15.1. The Morgan fingerprint density at radius 2 is 0.659 bits per heavy atom. The van der Waals surface area contributed by atoms with Gasteiger partial charge in [-0.05, 0) is 87.9 Å². The summed E-state index contributed by atoms with van der Waals surface area (Å²) >= 11 is 0. The lowest BCUT2D eigenvalue weighted by molar-refractivity contribution is 1.25. The first-order chi connectivity index (χ1) is 21.8. The van der Waals surface area contributed by atoms with Gasteiger partial charge in [-0.15, -0.1) is 0 Å². The van der Waals surface area contributed by atoms with Gasteiger partial charge in [-0.2, -0.15) is 0 Å². The van der Waals surface area contributed by atoms with Crippen molar-refractivity contribution in [3.05, 3.63) is 146 Å². The number of nitrogens with zero attached hydrogens (tertiary/aromatic N) is 2. The average Bonchev–Trinajstić information content (AvgIpc) is 3.10. The second-order valence-corrected chi connectivity index (χ2v) is 11.8. The van der Waals surface area contributed by atoms with E-state index in [2.05, 4.69) is 133 Å². The predicted octanol–water partition coefficient (Wildman–Crippen LogP) is 11.3. The molecular formula is C42H24N2. The predicted molar refractivity (Wildman–Crippen MR) is 186 cm³/mol. The van der Waals surface area contributed by atoms with E-state index in [1.54, 1.807) is 0 Å². The van der Waals surface area contributed by atoms with Crippen LogP contribution in [-0.2, 0) is 0 Å². The molecule has 0 radical (unpaired) electrons. The summed E-state index contributed by atoms with van der Waals surface area (Å²) in [6.45, 7) is 0. The third kappa shape index (κ3) is 3.31. The summed E-state index contributed by atoms with van der Waals surface area (Å²) in [6, 6.07) is 48.4. The fourth-order valence-electron chi connectivity index (χ4n) is 7.38. The lowest BCUT2D eigenvalue weighted by Gasteiger charge is -2.14. The molecule has 2 heteroatoms. The summed E-state index contributed by atoms with van der Waals surface area (Å²) in [4.78, 5) is 9.76. The van der Waals surface area contributed by atoms with Crippen molar-refractivity contribution in [2.45, 2.75) is 0 Å². The zero-order valence-electron chi connectivity index (χ0n) is 23.8. The molecule has 0 bridgehead atoms. The Morgan fingerprint density at radius 3 is 1.05 bits per heavy atom. The highest BCUT2D eigenvalue weighted by Gasteiger charge is 2.14. The van der Waals surface area contributed by atoms with Gasteiger partial charge in [0.25, 0.3) is 0 Å². The van der Waals surface area contributed by atoms with Crippen LogP contribution < -0.4 is 0 Å². The molecule has 2 nitrogen and oxygen atoms in total. The molecule has 202 valence electrons. The van der Waals surface area contributed by atoms with Crippen LogP contribution in [0.15, 0.2) is 146 Å². The topological polar surface area (TPSA) is 25.8 Å². The Kier molecular flexibility index (Phi) is 4.75. The van der Waals surface area contributed by atoms with Crippen LogP contribution in [0.2, 0.25) is 0 Å². The van der Waals surface area contributed by atoms with Gasteiger partial charge in [-0.1, -0.05) is 121 Å². The molecule has 0 spiro atoms. The third-order valence-corrected chi connectivity index (χ3v) is 9.47. The molecule has 0 unspecified atom stereocenters. The minimum atomic E-state index is 0.869. The van der Waals surface area contributed by atoms with Crippen LogP contribution >= 0.6 is 0 Å². The highest BCUT2D eigenvalue weighted by atomic mass is 14.8. The molecule has 0 saturated carbocycles. The van der Waals surface area contributed by atoms with E-state index >= 15 is 0 Å². The van der Waals surface area contributed by atoms with Crippen molar-refractivity contribution in [1.82, 2.24) is 9.97 Å². The first-order valence-electron chi connectivity index (χ1n) is 15.1. The number of aromatic nitrogens is 2. The van der Waals surface area contributed by atoms with E-state index in [9.17, 15) is 0 Å². The molecule has 0 aliphatic heterocycles. The van der Waals surface area contributed by atoms with E-state index in [0.29, 0.717) is 0 Å². The average molecular weight is 557 g/mol. The van der Waals surface area contributed by atoms with Crippen LogP contribution in [0.3, 0.4) is 0 Å². The number of rotatable bonds is 3. The minimum absolute atomic E-state index is 0.869. The molecule has 10 rings (SSSR count). The normalized spacial score (nSPS) is 12.1. The second kappa shape index (κ2) is 8.82. The van der Waals surface area contributed by atoms with E-state index in [1.807, 2.05) is 12.4 Å². The van der Waals surface area contributed by atoms with Crippen molar-refractivity contribution in [3.63, 3.8) is 0 Å². The largest absolute Gasteiger partial charge is 0.254 e. The highest BCUT2D eigenvalue weighted by Crippen LogP contribution is 2.41. The zero-order valence-corrected chi connectivity index (χ0v) is 23.8. The van der Waals surface area contributed by atoms with Gasteiger partial charge in [0.15, 0.2) is 0 Å². The Morgan fingerprint density at radius 1 is 0.295 bits per heavy atom. The third-order valence-electron chi connectivity index (χ3n) is 9.47. The van der Waals surface area contributed by atoms with Crippen molar-refractivity contribution in [3.8, 4) is 33.6 Å². The van der Waals surface area contributed by atoms with Crippen molar-refractivity contribution < 1.29 is 0 Å². The summed E-state index contributed by atoms with van der Waals surface area (Å²) in [7, 11) is 0. The van der Waals surface area contributed by atoms with Gasteiger partial charge in [0, 0.05) is 23.5 Å². The summed E-state index contributed by atoms with van der Waals surface area (Å²) in [5.74, 6) is 0. The van der Waals surface area contributed by atoms with Gasteiger partial charge in [-0.3, -0.25) is 9.97 Å². The van der Waals surface area contributed by atoms with Gasteiger partial charge in [0.2, 0.25) is 0 Å². The molecule has 8 aromatic carbocycles. The van der Waals surface area contributed by atoms with E-state index in [0.717, 1.165) is 22.5 Å². The Hall–Kier alpha value is -5.86. The molecule has 0 aliphatic rings. The lowest BCUT2D eigenvalue weighted by atomic mass is 9.90. The fourth-order valence-corrected chi connectivity index (χ4v) is 7.38. The number of hydrogen-bond donors (Lipinski definition) is 0. The van der Waals surface area contributed by atoms with Crippen molar-refractivity contribution >= 4 is 64.6 Å². The molecule has 10 aromatic rings. The smallest absolute Gasteiger partial charge is 0.0886 e. The molecule has 0 fully saturated rings. The molecule has 2 heterocycles. The Labute approximate surface area is 253 Å². The maximum atomic E-state index is 4.88. The standard InChI is InChI=1S/C42H24N2/c1-3-25-7-9-29-11-17-33(35-19-13-27(5-1)39(25)41(29)35)31-15-21-37(43-23-31)38-22-16-32(24-44-38)34-18-12-30-10-8-26-4-2-6-28-14-20-36(34)42(30)40(26)28/h1-24H. The Bertz CT molecular complexity index is 2470. The van der Waals surface area contributed by atoms with Crippen molar-refractivity contribution in [2.24, 2.45) is 0 Å². The van der Waals surface area contributed by atoms with Gasteiger partial charge in [0.1, 0.15) is 0 Å². The number of pyridine rings is 2. The molecule has 44 heavy (non-hydrogen) atoms. The van der Waals surface area contributed by atoms with Crippen LogP contribution in [0.25, 0.3) is 98.3 Å². The molecule has 0 aliphatic carbocycles. The summed E-state index contributed by atoms with van der Waals surface area (Å²) < 4.78 is 0. The van der Waals surface area contributed by atoms with E-state index in [1.165, 1.54) is 75.8 Å². The summed E-state index contributed by atoms with van der Waals surface area (Å²) in [5, 5.41) is 15.5. The van der Waals surface area contributed by atoms with Crippen molar-refractivity contribution in [1.29, 1.82) is 0 Å². The molecule has 2 aromatic heterocycles. The molecule has 0 amide bonds. The number of hydrogen-bond acceptors (Lipinski definition) is 2. The van der Waals surface area contributed by atoms with Gasteiger partial charge >= 0.3 is 0 Å². The van der Waals surface area contributed by atoms with Gasteiger partial charge in [-0.25, -0.2) is 0 Å². The van der Waals surface area contributed by atoms with Crippen LogP contribution in [0.4, 0.5) is 0 Å². The van der Waals surface area contributed by atoms with Crippen LogP contribution in [0.5, 0.6) is 0 Å². The maximum Gasteiger partial charge on any atom is 0.0886 e. The molecule has 0 N–H and O–H groups in total. The lowest BCUT2D eigenvalue weighted by Crippen LogP contribution is -1.91. The zero-order chi connectivity index (χ0) is 28.8. The van der Waals surface area contributed by atoms with Crippen LogP contribution in [0.1, 0.15) is 0 Å². The monoisotopic (exact) mass is 556 g/mol. The highest BCUT2D eigenvalue weighted by molar-refractivity contribution is 6.26. The summed E-state index contributed by atoms with van der Waals surface area (Å²) in [6.07, 6.45) is 3.97. The van der Waals surface area contributed by atoms with E-state index in [-0.39, 0.29) is 0 Å². The SMILES string of the molecule is c1cc2ccc3ccc(-c4ccc(-c5ccc(-c6ccc7ccc8cccc9ccc6c7c89)cn5)nc4)c4ccc(c1)c2c34. The minimum Gasteiger partial charge on any atom is -0.254 e. The van der Waals surface area contributed by atoms with Crippen LogP contribution in [-0.4, -0.2) is 9.97 Å². The summed E-state index contributed by atoms with van der Waals surface area (Å²) in [5.41, 5.74) is 6.36. The quantitative estimate of drug-likeness (QED) is 0.202. The van der Waals surface area contributed by atoms with E-state index in [4.69, 9.17) is 9.97 Å². The van der Waals surface area contributed by atoms with Crippen LogP contribution in [0, 0.1) is 0 Å². The Balaban J connectivity index is 1.03. The molecular weight excluding hydrogens is 532 g/mol. The molecule has 0 saturated heterocycles. The van der Waals surface area contributed by atoms with Crippen molar-refractivity contribution in [2.75, 3.05) is 0 Å². The molecule has 0 atom stereocenters. The second-order valence-electron chi connectivity index (χ2n) is 11.8. The number of benzene rings is 8.